The summed E-state index contributed by atoms with van der Waals surface area (Å²) >= 11 is 1.60. The second-order valence-corrected chi connectivity index (χ2v) is 13.7. The van der Waals surface area contributed by atoms with Crippen LogP contribution in [-0.4, -0.2) is 63.5 Å². The molecular weight excluding hydrogens is 532 g/mol. The second kappa shape index (κ2) is 10.7. The number of ketones is 1. The lowest BCUT2D eigenvalue weighted by Crippen LogP contribution is -2.42. The highest BCUT2D eigenvalue weighted by Gasteiger charge is 2.40. The number of nitrogens with zero attached hydrogens (tertiary/aromatic N) is 2. The Bertz CT molecular complexity index is 1550. The third-order valence-electron chi connectivity index (χ3n) is 8.25. The first-order valence-corrected chi connectivity index (χ1v) is 16.0. The first kappa shape index (κ1) is 26.5. The Morgan fingerprint density at radius 3 is 2.64 bits per heavy atom. The van der Waals surface area contributed by atoms with E-state index >= 15 is 0 Å². The van der Waals surface area contributed by atoms with Crippen molar-refractivity contribution in [3.8, 4) is 0 Å². The van der Waals surface area contributed by atoms with Gasteiger partial charge in [0, 0.05) is 67.3 Å². The number of hydrogen-bond acceptors (Lipinski definition) is 6. The third kappa shape index (κ3) is 4.69. The maximum atomic E-state index is 13.5. The number of methoxy groups -OCH3 is 1. The summed E-state index contributed by atoms with van der Waals surface area (Å²) < 4.78 is 33.7. The average Bonchev–Trinajstić information content (AvgIpc) is 3.51. The quantitative estimate of drug-likeness (QED) is 0.346. The van der Waals surface area contributed by atoms with Crippen molar-refractivity contribution in [2.45, 2.75) is 35.8 Å². The zero-order valence-electron chi connectivity index (χ0n) is 22.0. The predicted molar refractivity (Wildman–Crippen MR) is 154 cm³/mol. The SMILES string of the molecule is COCCCN1C(=O)c2cccc3c(CC(=O)C4CCN(S(=O)(=O)C5CSc6ccccc65)CC4)ccc1c23. The topological polar surface area (TPSA) is 84.0 Å². The summed E-state index contributed by atoms with van der Waals surface area (Å²) in [6.45, 7) is 1.91. The number of benzene rings is 3. The molecular formula is C30H32N2O5S2. The molecule has 3 aliphatic rings. The number of thioether (sulfide) groups is 1. The van der Waals surface area contributed by atoms with Gasteiger partial charge in [-0.05, 0) is 54.0 Å². The third-order valence-corrected chi connectivity index (χ3v) is 11.9. The van der Waals surface area contributed by atoms with Gasteiger partial charge in [-0.15, -0.1) is 11.8 Å². The summed E-state index contributed by atoms with van der Waals surface area (Å²) in [6.07, 6.45) is 2.10. The lowest BCUT2D eigenvalue weighted by Gasteiger charge is -2.32. The highest BCUT2D eigenvalue weighted by Crippen LogP contribution is 2.44. The molecule has 0 saturated carbocycles. The molecule has 1 unspecified atom stereocenters. The number of Topliss-reactive ketones (excluding diaryl/α,β-unsaturated/α-hetero) is 1. The Hall–Kier alpha value is -2.72. The Kier molecular flexibility index (Phi) is 7.26. The standard InChI is InChI=1S/C30H32N2O5S2/c1-37-17-5-14-32-25-11-10-21(22-7-4-8-24(29(22)25)30(32)34)18-26(33)20-12-15-31(16-13-20)39(35,36)28-19-38-27-9-3-2-6-23(27)28/h2-4,6-11,20,28H,5,12-19H2,1H3. The molecule has 0 aromatic heterocycles. The van der Waals surface area contributed by atoms with E-state index in [4.69, 9.17) is 4.74 Å². The molecule has 6 rings (SSSR count). The molecule has 1 atom stereocenters. The van der Waals surface area contributed by atoms with Crippen LogP contribution in [0.2, 0.25) is 0 Å². The van der Waals surface area contributed by atoms with E-state index in [0.29, 0.717) is 50.4 Å². The minimum absolute atomic E-state index is 0.00736. The van der Waals surface area contributed by atoms with Crippen LogP contribution in [0.3, 0.4) is 0 Å². The van der Waals surface area contributed by atoms with Crippen molar-refractivity contribution in [2.75, 3.05) is 44.0 Å². The fraction of sp³-hybridized carbons (Fsp3) is 0.400. The fourth-order valence-electron chi connectivity index (χ4n) is 6.17. The smallest absolute Gasteiger partial charge is 0.258 e. The monoisotopic (exact) mass is 564 g/mol. The Labute approximate surface area is 233 Å². The molecule has 3 heterocycles. The molecule has 204 valence electrons. The van der Waals surface area contributed by atoms with E-state index in [1.807, 2.05) is 54.6 Å². The second-order valence-electron chi connectivity index (χ2n) is 10.5. The van der Waals surface area contributed by atoms with Gasteiger partial charge in [-0.2, -0.15) is 0 Å². The zero-order valence-corrected chi connectivity index (χ0v) is 23.6. The maximum Gasteiger partial charge on any atom is 0.258 e. The predicted octanol–water partition coefficient (Wildman–Crippen LogP) is 4.84. The minimum Gasteiger partial charge on any atom is -0.385 e. The highest BCUT2D eigenvalue weighted by atomic mass is 32.2. The average molecular weight is 565 g/mol. The van der Waals surface area contributed by atoms with Gasteiger partial charge < -0.3 is 9.64 Å². The number of piperidine rings is 1. The van der Waals surface area contributed by atoms with Crippen LogP contribution in [0.25, 0.3) is 10.8 Å². The molecule has 0 aliphatic carbocycles. The molecule has 39 heavy (non-hydrogen) atoms. The summed E-state index contributed by atoms with van der Waals surface area (Å²) in [5.41, 5.74) is 3.38. The van der Waals surface area contributed by atoms with Crippen LogP contribution in [-0.2, 0) is 26.0 Å². The summed E-state index contributed by atoms with van der Waals surface area (Å²) in [4.78, 5) is 29.4. The lowest BCUT2D eigenvalue weighted by atomic mass is 9.88. The molecule has 0 bridgehead atoms. The van der Waals surface area contributed by atoms with E-state index in [1.165, 1.54) is 0 Å². The van der Waals surface area contributed by atoms with Gasteiger partial charge in [0.15, 0.2) is 0 Å². The van der Waals surface area contributed by atoms with Crippen LogP contribution < -0.4 is 4.90 Å². The molecule has 7 nitrogen and oxygen atoms in total. The first-order chi connectivity index (χ1) is 18.9. The number of ether oxygens (including phenoxy) is 1. The van der Waals surface area contributed by atoms with Gasteiger partial charge in [-0.3, -0.25) is 9.59 Å². The van der Waals surface area contributed by atoms with Crippen molar-refractivity contribution in [2.24, 2.45) is 5.92 Å². The van der Waals surface area contributed by atoms with Crippen molar-refractivity contribution in [1.82, 2.24) is 4.31 Å². The summed E-state index contributed by atoms with van der Waals surface area (Å²) in [6, 6.07) is 17.4. The van der Waals surface area contributed by atoms with E-state index < -0.39 is 15.3 Å². The van der Waals surface area contributed by atoms with Gasteiger partial charge >= 0.3 is 0 Å². The molecule has 3 aliphatic heterocycles. The minimum atomic E-state index is -3.48. The van der Waals surface area contributed by atoms with Crippen molar-refractivity contribution in [1.29, 1.82) is 0 Å². The van der Waals surface area contributed by atoms with Crippen LogP contribution in [0.4, 0.5) is 5.69 Å². The molecule has 1 saturated heterocycles. The molecule has 0 N–H and O–H groups in total. The number of carbonyl (C=O) groups is 2. The summed E-state index contributed by atoms with van der Waals surface area (Å²) in [5.74, 6) is 0.498. The van der Waals surface area contributed by atoms with E-state index in [2.05, 4.69) is 0 Å². The summed E-state index contributed by atoms with van der Waals surface area (Å²) in [7, 11) is -1.82. The normalized spacial score (nSPS) is 19.7. The zero-order chi connectivity index (χ0) is 27.1. The Morgan fingerprint density at radius 1 is 1.05 bits per heavy atom. The number of amides is 1. The number of anilines is 1. The number of hydrogen-bond donors (Lipinski definition) is 0. The van der Waals surface area contributed by atoms with Crippen LogP contribution in [0, 0.1) is 5.92 Å². The lowest BCUT2D eigenvalue weighted by molar-refractivity contribution is -0.123. The van der Waals surface area contributed by atoms with Crippen LogP contribution in [0.5, 0.6) is 0 Å². The number of sulfonamides is 1. The largest absolute Gasteiger partial charge is 0.385 e. The number of fused-ring (bicyclic) bond motifs is 1. The van der Waals surface area contributed by atoms with Crippen molar-refractivity contribution < 1.29 is 22.7 Å². The first-order valence-electron chi connectivity index (χ1n) is 13.5. The molecule has 3 aromatic carbocycles. The molecule has 0 radical (unpaired) electrons. The van der Waals surface area contributed by atoms with E-state index in [9.17, 15) is 18.0 Å². The van der Waals surface area contributed by atoms with Crippen molar-refractivity contribution >= 4 is 49.9 Å². The van der Waals surface area contributed by atoms with Gasteiger partial charge in [0.2, 0.25) is 10.0 Å². The van der Waals surface area contributed by atoms with Crippen molar-refractivity contribution in [3.05, 3.63) is 71.3 Å². The molecule has 9 heteroatoms. The number of carbonyl (C=O) groups excluding carboxylic acids is 2. The van der Waals surface area contributed by atoms with Crippen molar-refractivity contribution in [3.63, 3.8) is 0 Å². The fourth-order valence-corrected chi connectivity index (χ4v) is 9.81. The maximum absolute atomic E-state index is 13.5. The van der Waals surface area contributed by atoms with E-state index in [-0.39, 0.29) is 24.0 Å². The molecule has 0 spiro atoms. The number of rotatable bonds is 9. The van der Waals surface area contributed by atoms with Gasteiger partial charge in [0.05, 0.1) is 5.69 Å². The van der Waals surface area contributed by atoms with Gasteiger partial charge in [-0.1, -0.05) is 36.4 Å². The van der Waals surface area contributed by atoms with Crippen LogP contribution in [0.1, 0.15) is 46.0 Å². The van der Waals surface area contributed by atoms with Crippen LogP contribution >= 0.6 is 11.8 Å². The highest BCUT2D eigenvalue weighted by molar-refractivity contribution is 8.01. The van der Waals surface area contributed by atoms with Gasteiger partial charge in [0.25, 0.3) is 5.91 Å². The Morgan fingerprint density at radius 2 is 1.85 bits per heavy atom. The Balaban J connectivity index is 1.14. The summed E-state index contributed by atoms with van der Waals surface area (Å²) in [5, 5.41) is 1.34. The molecule has 3 aromatic rings. The molecule has 1 fully saturated rings. The molecule has 1 amide bonds. The van der Waals surface area contributed by atoms with Gasteiger partial charge in [0.1, 0.15) is 11.0 Å². The van der Waals surface area contributed by atoms with Gasteiger partial charge in [-0.25, -0.2) is 12.7 Å². The van der Waals surface area contributed by atoms with Crippen LogP contribution in [0.15, 0.2) is 59.5 Å². The van der Waals surface area contributed by atoms with E-state index in [1.54, 1.807) is 28.1 Å². The van der Waals surface area contributed by atoms with E-state index in [0.717, 1.165) is 38.9 Å².